The van der Waals surface area contributed by atoms with E-state index in [1.807, 2.05) is 43.3 Å². The second-order valence-corrected chi connectivity index (χ2v) is 7.76. The predicted molar refractivity (Wildman–Crippen MR) is 117 cm³/mol. The molecule has 1 aromatic carbocycles. The van der Waals surface area contributed by atoms with Gasteiger partial charge in [-0.25, -0.2) is 15.0 Å². The summed E-state index contributed by atoms with van der Waals surface area (Å²) in [6.07, 6.45) is 3.73. The highest BCUT2D eigenvalue weighted by Crippen LogP contribution is 2.55. The summed E-state index contributed by atoms with van der Waals surface area (Å²) in [5.41, 5.74) is 1.68. The van der Waals surface area contributed by atoms with Crippen molar-refractivity contribution < 1.29 is 14.3 Å². The molecular formula is C24H23N5O3. The van der Waals surface area contributed by atoms with Crippen LogP contribution in [0.3, 0.4) is 0 Å². The highest BCUT2D eigenvalue weighted by molar-refractivity contribution is 5.95. The Hall–Kier alpha value is -3.83. The summed E-state index contributed by atoms with van der Waals surface area (Å²) in [5, 5.41) is 11.8. The number of nitrogens with one attached hydrogen (secondary N) is 1. The Bertz CT molecular complexity index is 1140. The molecule has 8 heteroatoms. The van der Waals surface area contributed by atoms with Crippen LogP contribution in [0, 0.1) is 24.2 Å². The molecule has 0 aliphatic heterocycles. The van der Waals surface area contributed by atoms with E-state index in [2.05, 4.69) is 20.3 Å². The minimum absolute atomic E-state index is 0.132. The monoisotopic (exact) mass is 429 g/mol. The van der Waals surface area contributed by atoms with E-state index in [0.717, 1.165) is 5.56 Å². The number of carbonyl (C=O) groups excluding carboxylic acids is 1. The number of pyridine rings is 1. The van der Waals surface area contributed by atoms with Gasteiger partial charge >= 0.3 is 0 Å². The van der Waals surface area contributed by atoms with Crippen LogP contribution in [-0.2, 0) is 21.6 Å². The molecule has 2 aromatic heterocycles. The number of anilines is 1. The normalized spacial score (nSPS) is 19.1. The van der Waals surface area contributed by atoms with Crippen molar-refractivity contribution in [2.75, 3.05) is 19.0 Å². The summed E-state index contributed by atoms with van der Waals surface area (Å²) < 4.78 is 11.4. The standard InChI is InChI=1S/C24H23N5O3/c1-16-26-13-21(20(28-16)14-31-2)32-15-24(18-6-4-3-5-7-18)10-19(24)23(30)29-22-9-8-17(11-25)12-27-22/h3-9,12-13,19H,10,14-15H2,1-2H3,(H,27,29,30)/t19-,24+/m0/s1. The Morgan fingerprint density at radius 1 is 1.22 bits per heavy atom. The average molecular weight is 429 g/mol. The lowest BCUT2D eigenvalue weighted by Crippen LogP contribution is -2.27. The number of hydrogen-bond acceptors (Lipinski definition) is 7. The third-order valence-electron chi connectivity index (χ3n) is 5.60. The van der Waals surface area contributed by atoms with Gasteiger partial charge in [-0.05, 0) is 31.0 Å². The van der Waals surface area contributed by atoms with Gasteiger partial charge in [-0.15, -0.1) is 0 Å². The molecule has 1 saturated carbocycles. The fourth-order valence-corrected chi connectivity index (χ4v) is 3.80. The first-order valence-corrected chi connectivity index (χ1v) is 10.2. The Morgan fingerprint density at radius 2 is 2.03 bits per heavy atom. The van der Waals surface area contributed by atoms with Crippen molar-refractivity contribution in [1.82, 2.24) is 15.0 Å². The quantitative estimate of drug-likeness (QED) is 0.585. The van der Waals surface area contributed by atoms with E-state index in [1.54, 1.807) is 25.4 Å². The van der Waals surface area contributed by atoms with Crippen LogP contribution >= 0.6 is 0 Å². The lowest BCUT2D eigenvalue weighted by atomic mass is 9.93. The Morgan fingerprint density at radius 3 is 2.72 bits per heavy atom. The fraction of sp³-hybridized carbons (Fsp3) is 0.292. The molecule has 0 saturated heterocycles. The van der Waals surface area contributed by atoms with Gasteiger partial charge in [-0.3, -0.25) is 4.79 Å². The first-order valence-electron chi connectivity index (χ1n) is 10.2. The van der Waals surface area contributed by atoms with Gasteiger partial charge in [-0.1, -0.05) is 30.3 Å². The number of ether oxygens (including phenoxy) is 2. The minimum Gasteiger partial charge on any atom is -0.489 e. The van der Waals surface area contributed by atoms with Crippen LogP contribution < -0.4 is 10.1 Å². The number of hydrogen-bond donors (Lipinski definition) is 1. The zero-order chi connectivity index (χ0) is 22.6. The smallest absolute Gasteiger partial charge is 0.229 e. The van der Waals surface area contributed by atoms with Crippen LogP contribution in [0.4, 0.5) is 5.82 Å². The maximum atomic E-state index is 13.0. The van der Waals surface area contributed by atoms with E-state index < -0.39 is 5.41 Å². The van der Waals surface area contributed by atoms with Gasteiger partial charge in [-0.2, -0.15) is 5.26 Å². The van der Waals surface area contributed by atoms with Crippen LogP contribution in [0.5, 0.6) is 5.75 Å². The van der Waals surface area contributed by atoms with Crippen LogP contribution in [0.1, 0.15) is 29.1 Å². The second kappa shape index (κ2) is 9.12. The van der Waals surface area contributed by atoms with Gasteiger partial charge in [0.2, 0.25) is 5.91 Å². The summed E-state index contributed by atoms with van der Waals surface area (Å²) in [6, 6.07) is 15.1. The molecule has 1 N–H and O–H groups in total. The molecule has 1 fully saturated rings. The molecule has 0 spiro atoms. The van der Waals surface area contributed by atoms with E-state index in [0.29, 0.717) is 48.3 Å². The molecule has 162 valence electrons. The molecular weight excluding hydrogens is 406 g/mol. The van der Waals surface area contributed by atoms with Crippen LogP contribution in [0.2, 0.25) is 0 Å². The van der Waals surface area contributed by atoms with E-state index >= 15 is 0 Å². The zero-order valence-electron chi connectivity index (χ0n) is 17.9. The maximum Gasteiger partial charge on any atom is 0.229 e. The summed E-state index contributed by atoms with van der Waals surface area (Å²) >= 11 is 0. The van der Waals surface area contributed by atoms with Gasteiger partial charge in [0.05, 0.1) is 30.9 Å². The number of methoxy groups -OCH3 is 1. The molecule has 8 nitrogen and oxygen atoms in total. The number of nitrogens with zero attached hydrogens (tertiary/aromatic N) is 4. The summed E-state index contributed by atoms with van der Waals surface area (Å²) in [5.74, 6) is 1.19. The fourth-order valence-electron chi connectivity index (χ4n) is 3.80. The lowest BCUT2D eigenvalue weighted by molar-refractivity contribution is -0.117. The Kier molecular flexibility index (Phi) is 6.10. The molecule has 0 unspecified atom stereocenters. The summed E-state index contributed by atoms with van der Waals surface area (Å²) in [7, 11) is 1.60. The van der Waals surface area contributed by atoms with Crippen LogP contribution in [0.25, 0.3) is 0 Å². The molecule has 1 aliphatic carbocycles. The molecule has 0 radical (unpaired) electrons. The second-order valence-electron chi connectivity index (χ2n) is 7.76. The SMILES string of the molecule is COCc1nc(C)ncc1OC[C@@]1(c2ccccc2)C[C@H]1C(=O)Nc1ccc(C#N)cn1. The Labute approximate surface area is 186 Å². The third-order valence-corrected chi connectivity index (χ3v) is 5.60. The number of rotatable bonds is 8. The lowest BCUT2D eigenvalue weighted by Gasteiger charge is -2.20. The number of amides is 1. The van der Waals surface area contributed by atoms with Crippen LogP contribution in [0.15, 0.2) is 54.9 Å². The number of carbonyl (C=O) groups is 1. The largest absolute Gasteiger partial charge is 0.489 e. The number of aromatic nitrogens is 3. The van der Waals surface area contributed by atoms with E-state index in [1.165, 1.54) is 6.20 Å². The number of aryl methyl sites for hydroxylation is 1. The van der Waals surface area contributed by atoms with Crippen molar-refractivity contribution >= 4 is 11.7 Å². The van der Waals surface area contributed by atoms with Crippen LogP contribution in [-0.4, -0.2) is 34.6 Å². The van der Waals surface area contributed by atoms with Gasteiger partial charge in [0.1, 0.15) is 23.4 Å². The zero-order valence-corrected chi connectivity index (χ0v) is 17.9. The molecule has 32 heavy (non-hydrogen) atoms. The molecule has 3 aromatic rings. The van der Waals surface area contributed by atoms with Gasteiger partial charge in [0.15, 0.2) is 5.75 Å². The third kappa shape index (κ3) is 4.43. The highest BCUT2D eigenvalue weighted by Gasteiger charge is 2.60. The minimum atomic E-state index is -0.465. The summed E-state index contributed by atoms with van der Waals surface area (Å²) in [4.78, 5) is 25.8. The topological polar surface area (TPSA) is 110 Å². The molecule has 0 bridgehead atoms. The van der Waals surface area contributed by atoms with E-state index in [9.17, 15) is 4.79 Å². The van der Waals surface area contributed by atoms with Crippen molar-refractivity contribution in [2.45, 2.75) is 25.4 Å². The van der Waals surface area contributed by atoms with Crippen molar-refractivity contribution in [3.05, 3.63) is 77.5 Å². The number of benzene rings is 1. The van der Waals surface area contributed by atoms with Crippen molar-refractivity contribution in [3.8, 4) is 11.8 Å². The van der Waals surface area contributed by atoms with Gasteiger partial charge < -0.3 is 14.8 Å². The Balaban J connectivity index is 1.53. The molecule has 1 amide bonds. The van der Waals surface area contributed by atoms with Crippen molar-refractivity contribution in [1.29, 1.82) is 5.26 Å². The predicted octanol–water partition coefficient (Wildman–Crippen LogP) is 3.17. The molecule has 2 heterocycles. The first kappa shape index (κ1) is 21.4. The van der Waals surface area contributed by atoms with Gasteiger partial charge in [0.25, 0.3) is 0 Å². The first-order chi connectivity index (χ1) is 15.6. The molecule has 4 rings (SSSR count). The van der Waals surface area contributed by atoms with Crippen molar-refractivity contribution in [3.63, 3.8) is 0 Å². The van der Waals surface area contributed by atoms with E-state index in [-0.39, 0.29) is 11.8 Å². The maximum absolute atomic E-state index is 13.0. The molecule has 2 atom stereocenters. The van der Waals surface area contributed by atoms with Gasteiger partial charge in [0, 0.05) is 18.7 Å². The van der Waals surface area contributed by atoms with Crippen molar-refractivity contribution in [2.24, 2.45) is 5.92 Å². The summed E-state index contributed by atoms with van der Waals surface area (Å²) in [6.45, 7) is 2.43. The van der Waals surface area contributed by atoms with E-state index in [4.69, 9.17) is 14.7 Å². The highest BCUT2D eigenvalue weighted by atomic mass is 16.5. The number of nitriles is 1. The molecule has 1 aliphatic rings. The average Bonchev–Trinajstić information content (AvgIpc) is 3.56.